The van der Waals surface area contributed by atoms with Crippen molar-refractivity contribution in [2.45, 2.75) is 41.5 Å². The Bertz CT molecular complexity index is 231. The van der Waals surface area contributed by atoms with E-state index < -0.39 is 0 Å². The summed E-state index contributed by atoms with van der Waals surface area (Å²) in [5, 5.41) is 0. The van der Waals surface area contributed by atoms with Gasteiger partial charge in [0.1, 0.15) is 0 Å². The van der Waals surface area contributed by atoms with Crippen molar-refractivity contribution in [2.75, 3.05) is 19.0 Å². The van der Waals surface area contributed by atoms with Gasteiger partial charge in [-0.05, 0) is 0 Å². The molecule has 1 aromatic carbocycles. The molecule has 0 fully saturated rings. The van der Waals surface area contributed by atoms with Crippen LogP contribution in [0.25, 0.3) is 0 Å². The average Bonchev–Trinajstić information content (AvgIpc) is 2.17. The third kappa shape index (κ3) is 24.8. The first-order valence-electron chi connectivity index (χ1n) is 5.94. The monoisotopic (exact) mass is 340 g/mol. The van der Waals surface area contributed by atoms with E-state index in [9.17, 15) is 0 Å². The van der Waals surface area contributed by atoms with Gasteiger partial charge < -0.3 is 16.7 Å². The SMILES string of the molecule is CN(C)c1cc[c-]cc1.C[C-](C)C.C[C-](C)C.[Pd+2]. The van der Waals surface area contributed by atoms with E-state index in [0.717, 1.165) is 0 Å². The van der Waals surface area contributed by atoms with Crippen molar-refractivity contribution in [1.29, 1.82) is 0 Å². The Balaban J connectivity index is -0.000000214. The molecule has 0 aliphatic heterocycles. The second kappa shape index (κ2) is 14.7. The zero-order chi connectivity index (χ0) is 13.8. The van der Waals surface area contributed by atoms with E-state index in [1.165, 1.54) is 17.5 Å². The Morgan fingerprint density at radius 1 is 0.833 bits per heavy atom. The van der Waals surface area contributed by atoms with Gasteiger partial charge in [0.05, 0.1) is 0 Å². The van der Waals surface area contributed by atoms with Crippen molar-refractivity contribution < 1.29 is 20.4 Å². The minimum absolute atomic E-state index is 0. The molecule has 0 atom stereocenters. The molecule has 2 heteroatoms. The van der Waals surface area contributed by atoms with Crippen LogP contribution in [0.15, 0.2) is 24.3 Å². The molecule has 0 aliphatic rings. The van der Waals surface area contributed by atoms with Gasteiger partial charge in [-0.15, -0.1) is 12.1 Å². The van der Waals surface area contributed by atoms with Crippen LogP contribution in [-0.4, -0.2) is 14.1 Å². The van der Waals surface area contributed by atoms with Gasteiger partial charge in [-0.2, -0.15) is 59.7 Å². The maximum Gasteiger partial charge on any atom is 2.00 e. The van der Waals surface area contributed by atoms with Crippen LogP contribution >= 0.6 is 0 Å². The van der Waals surface area contributed by atoms with Crippen LogP contribution in [0.3, 0.4) is 0 Å². The maximum atomic E-state index is 2.96. The number of nitrogens with zero attached hydrogens (tertiary/aromatic N) is 1. The first-order chi connectivity index (χ1) is 7.77. The third-order valence-electron chi connectivity index (χ3n) is 1.22. The average molecular weight is 341 g/mol. The van der Waals surface area contributed by atoms with Gasteiger partial charge in [0, 0.05) is 14.1 Å². The Morgan fingerprint density at radius 2 is 1.11 bits per heavy atom. The van der Waals surface area contributed by atoms with Gasteiger partial charge in [0.15, 0.2) is 0 Å². The summed E-state index contributed by atoms with van der Waals surface area (Å²) in [6.07, 6.45) is 0. The van der Waals surface area contributed by atoms with Gasteiger partial charge >= 0.3 is 20.4 Å². The van der Waals surface area contributed by atoms with Gasteiger partial charge in [0.25, 0.3) is 0 Å². The smallest absolute Gasteiger partial charge is 0.399 e. The van der Waals surface area contributed by atoms with Gasteiger partial charge in [-0.1, -0.05) is 5.69 Å². The predicted molar refractivity (Wildman–Crippen MR) is 80.1 cm³/mol. The molecule has 1 aromatic rings. The molecular weight excluding hydrogens is 313 g/mol. The van der Waals surface area contributed by atoms with E-state index in [4.69, 9.17) is 0 Å². The van der Waals surface area contributed by atoms with Crippen molar-refractivity contribution in [3.05, 3.63) is 42.2 Å². The molecule has 18 heavy (non-hydrogen) atoms. The summed E-state index contributed by atoms with van der Waals surface area (Å²) < 4.78 is 0. The van der Waals surface area contributed by atoms with E-state index in [1.807, 2.05) is 38.4 Å². The number of rotatable bonds is 1. The first-order valence-corrected chi connectivity index (χ1v) is 5.94. The molecule has 0 aromatic heterocycles. The number of hydrogen-bond donors (Lipinski definition) is 0. The van der Waals surface area contributed by atoms with Gasteiger partial charge in [-0.3, -0.25) is 0 Å². The zero-order valence-electron chi connectivity index (χ0n) is 13.1. The molecule has 0 bridgehead atoms. The van der Waals surface area contributed by atoms with Crippen LogP contribution in [0, 0.1) is 17.9 Å². The molecule has 0 radical (unpaired) electrons. The van der Waals surface area contributed by atoms with Crippen LogP contribution in [0.5, 0.6) is 0 Å². The normalized spacial score (nSPS) is 8.56. The molecule has 108 valence electrons. The van der Waals surface area contributed by atoms with E-state index in [1.54, 1.807) is 0 Å². The minimum atomic E-state index is 0. The Labute approximate surface area is 129 Å². The Hall–Kier alpha value is -0.318. The molecule has 0 N–H and O–H groups in total. The van der Waals surface area contributed by atoms with E-state index >= 15 is 0 Å². The molecule has 0 saturated heterocycles. The number of anilines is 1. The number of hydrogen-bond acceptors (Lipinski definition) is 1. The summed E-state index contributed by atoms with van der Waals surface area (Å²) in [4.78, 5) is 2.06. The van der Waals surface area contributed by atoms with Crippen LogP contribution < -0.4 is 4.90 Å². The summed E-state index contributed by atoms with van der Waals surface area (Å²) in [5.41, 5.74) is 1.22. The minimum Gasteiger partial charge on any atom is -0.399 e. The second-order valence-corrected chi connectivity index (χ2v) is 5.15. The first kappa shape index (κ1) is 22.8. The van der Waals surface area contributed by atoms with Crippen molar-refractivity contribution >= 4 is 5.69 Å². The fraction of sp³-hybridized carbons (Fsp3) is 0.500. The molecule has 0 heterocycles. The van der Waals surface area contributed by atoms with E-state index in [2.05, 4.69) is 52.5 Å². The summed E-state index contributed by atoms with van der Waals surface area (Å²) in [5.74, 6) is 2.83. The molecule has 0 aliphatic carbocycles. The molecular formula is C16H28NPd-. The van der Waals surface area contributed by atoms with Crippen LogP contribution in [0.2, 0.25) is 0 Å². The molecule has 0 amide bonds. The van der Waals surface area contributed by atoms with Crippen molar-refractivity contribution in [2.24, 2.45) is 0 Å². The summed E-state index contributed by atoms with van der Waals surface area (Å²) in [7, 11) is 4.05. The fourth-order valence-corrected chi connectivity index (χ4v) is 0.676. The standard InChI is InChI=1S/C8H10N.2C4H9.Pd/c1-9(2)8-6-4-3-5-7-8;2*1-4(2)3;/h4-7H,1-2H3;2*1-3H3;/q3*-1;+2. The Morgan fingerprint density at radius 3 is 1.28 bits per heavy atom. The van der Waals surface area contributed by atoms with E-state index in [0.29, 0.717) is 0 Å². The molecule has 0 unspecified atom stereocenters. The largest absolute Gasteiger partial charge is 2.00 e. The summed E-state index contributed by atoms with van der Waals surface area (Å²) >= 11 is 0. The van der Waals surface area contributed by atoms with Crippen molar-refractivity contribution in [3.8, 4) is 0 Å². The molecule has 0 saturated carbocycles. The van der Waals surface area contributed by atoms with Crippen LogP contribution in [-0.2, 0) is 20.4 Å². The topological polar surface area (TPSA) is 3.24 Å². The van der Waals surface area contributed by atoms with Crippen LogP contribution in [0.1, 0.15) is 41.5 Å². The summed E-state index contributed by atoms with van der Waals surface area (Å²) in [6.45, 7) is 12.5. The predicted octanol–water partition coefficient (Wildman–Crippen LogP) is 4.79. The maximum absolute atomic E-state index is 2.96. The third-order valence-corrected chi connectivity index (χ3v) is 1.22. The fourth-order valence-electron chi connectivity index (χ4n) is 0.676. The molecule has 0 spiro atoms. The molecule has 1 nitrogen and oxygen atoms in total. The zero-order valence-corrected chi connectivity index (χ0v) is 14.6. The van der Waals surface area contributed by atoms with Gasteiger partial charge in [-0.25, -0.2) is 0 Å². The van der Waals surface area contributed by atoms with Crippen LogP contribution in [0.4, 0.5) is 5.69 Å². The van der Waals surface area contributed by atoms with E-state index in [-0.39, 0.29) is 20.4 Å². The quantitative estimate of drug-likeness (QED) is 0.524. The second-order valence-electron chi connectivity index (χ2n) is 5.15. The van der Waals surface area contributed by atoms with Gasteiger partial charge in [0.2, 0.25) is 0 Å². The summed E-state index contributed by atoms with van der Waals surface area (Å²) in [6, 6.07) is 10.8. The number of benzene rings is 1. The van der Waals surface area contributed by atoms with Crippen molar-refractivity contribution in [3.63, 3.8) is 0 Å². The Kier molecular flexibility index (Phi) is 18.7. The molecule has 1 rings (SSSR count). The van der Waals surface area contributed by atoms with Crippen molar-refractivity contribution in [1.82, 2.24) is 0 Å².